The molecule has 3 nitrogen and oxygen atoms in total. The zero-order valence-electron chi connectivity index (χ0n) is 10.9. The molecule has 21 heavy (non-hydrogen) atoms. The van der Waals surface area contributed by atoms with Crippen LogP contribution in [0.25, 0.3) is 21.9 Å². The number of aliphatic hydroxyl groups is 1. The maximum Gasteiger partial charge on any atom is 0.170 e. The van der Waals surface area contributed by atoms with Gasteiger partial charge < -0.3 is 13.9 Å². The molecule has 0 fully saturated rings. The minimum Gasteiger partial charge on any atom is -0.464 e. The van der Waals surface area contributed by atoms with Crippen molar-refractivity contribution >= 4 is 21.9 Å². The van der Waals surface area contributed by atoms with Crippen molar-refractivity contribution in [3.05, 3.63) is 71.9 Å². The maximum absolute atomic E-state index is 13.7. The van der Waals surface area contributed by atoms with Gasteiger partial charge in [0.05, 0.1) is 6.26 Å². The summed E-state index contributed by atoms with van der Waals surface area (Å²) in [5, 5.41) is 11.9. The zero-order valence-corrected chi connectivity index (χ0v) is 10.9. The van der Waals surface area contributed by atoms with E-state index in [0.29, 0.717) is 22.3 Å². The van der Waals surface area contributed by atoms with E-state index in [4.69, 9.17) is 8.83 Å². The highest BCUT2D eigenvalue weighted by atomic mass is 19.1. The average Bonchev–Trinajstić information content (AvgIpc) is 3.11. The molecule has 0 saturated heterocycles. The van der Waals surface area contributed by atoms with Gasteiger partial charge in [0.1, 0.15) is 17.4 Å². The number of aliphatic hydroxyl groups excluding tert-OH is 1. The molecule has 0 bridgehead atoms. The van der Waals surface area contributed by atoms with E-state index in [-0.39, 0.29) is 5.58 Å². The van der Waals surface area contributed by atoms with Gasteiger partial charge in [-0.25, -0.2) is 4.39 Å². The van der Waals surface area contributed by atoms with Crippen LogP contribution < -0.4 is 0 Å². The summed E-state index contributed by atoms with van der Waals surface area (Å²) in [7, 11) is 0. The van der Waals surface area contributed by atoms with Crippen molar-refractivity contribution in [2.45, 2.75) is 6.10 Å². The fourth-order valence-electron chi connectivity index (χ4n) is 2.55. The molecule has 0 amide bonds. The second kappa shape index (κ2) is 4.46. The van der Waals surface area contributed by atoms with Crippen LogP contribution in [0.4, 0.5) is 4.39 Å². The van der Waals surface area contributed by atoms with Gasteiger partial charge in [0.2, 0.25) is 0 Å². The van der Waals surface area contributed by atoms with E-state index in [1.165, 1.54) is 12.3 Å². The first kappa shape index (κ1) is 12.2. The Morgan fingerprint density at radius 3 is 2.76 bits per heavy atom. The molecule has 0 aliphatic rings. The lowest BCUT2D eigenvalue weighted by Gasteiger charge is -2.05. The summed E-state index contributed by atoms with van der Waals surface area (Å²) >= 11 is 0. The lowest BCUT2D eigenvalue weighted by Crippen LogP contribution is -1.96. The van der Waals surface area contributed by atoms with Gasteiger partial charge >= 0.3 is 0 Å². The van der Waals surface area contributed by atoms with Gasteiger partial charge in [0, 0.05) is 16.3 Å². The Morgan fingerprint density at radius 2 is 1.90 bits per heavy atom. The highest BCUT2D eigenvalue weighted by Crippen LogP contribution is 2.33. The third-order valence-corrected chi connectivity index (χ3v) is 3.59. The Morgan fingerprint density at radius 1 is 1.05 bits per heavy atom. The van der Waals surface area contributed by atoms with Crippen molar-refractivity contribution in [2.75, 3.05) is 0 Å². The van der Waals surface area contributed by atoms with E-state index in [1.807, 2.05) is 24.3 Å². The summed E-state index contributed by atoms with van der Waals surface area (Å²) in [6.45, 7) is 0. The van der Waals surface area contributed by atoms with E-state index in [1.54, 1.807) is 18.2 Å². The first-order valence-electron chi connectivity index (χ1n) is 6.56. The number of halogens is 1. The molecule has 4 heteroatoms. The molecule has 2 aromatic carbocycles. The van der Waals surface area contributed by atoms with Gasteiger partial charge in [-0.2, -0.15) is 0 Å². The fourth-order valence-corrected chi connectivity index (χ4v) is 2.55. The zero-order chi connectivity index (χ0) is 14.4. The minimum atomic E-state index is -1.000. The van der Waals surface area contributed by atoms with Crippen LogP contribution in [0.2, 0.25) is 0 Å². The SMILES string of the molecule is OC(c1cc2cccc(F)c2o1)c1coc2ccccc12. The second-order valence-electron chi connectivity index (χ2n) is 4.90. The first-order chi connectivity index (χ1) is 10.2. The molecule has 0 spiro atoms. The topological polar surface area (TPSA) is 46.5 Å². The van der Waals surface area contributed by atoms with Crippen LogP contribution in [0.1, 0.15) is 17.4 Å². The molecule has 1 unspecified atom stereocenters. The molecule has 4 aromatic rings. The fraction of sp³-hybridized carbons (Fsp3) is 0.0588. The Hall–Kier alpha value is -2.59. The molecule has 1 atom stereocenters. The summed E-state index contributed by atoms with van der Waals surface area (Å²) in [5.41, 5.74) is 1.44. The van der Waals surface area contributed by atoms with Crippen molar-refractivity contribution in [1.29, 1.82) is 0 Å². The summed E-state index contributed by atoms with van der Waals surface area (Å²) in [4.78, 5) is 0. The number of hydrogen-bond donors (Lipinski definition) is 1. The molecule has 2 heterocycles. The van der Waals surface area contributed by atoms with E-state index >= 15 is 0 Å². The number of rotatable bonds is 2. The number of furan rings is 2. The van der Waals surface area contributed by atoms with Crippen molar-refractivity contribution in [1.82, 2.24) is 0 Å². The smallest absolute Gasteiger partial charge is 0.170 e. The molecule has 0 saturated carbocycles. The van der Waals surface area contributed by atoms with E-state index < -0.39 is 11.9 Å². The molecule has 0 aliphatic heterocycles. The maximum atomic E-state index is 13.7. The molecule has 0 aliphatic carbocycles. The summed E-state index contributed by atoms with van der Waals surface area (Å²) in [6, 6.07) is 13.7. The Labute approximate surface area is 119 Å². The van der Waals surface area contributed by atoms with Gasteiger partial charge in [0.15, 0.2) is 11.4 Å². The van der Waals surface area contributed by atoms with E-state index in [0.717, 1.165) is 5.39 Å². The van der Waals surface area contributed by atoms with Crippen molar-refractivity contribution in [3.8, 4) is 0 Å². The molecular formula is C17H11FO3. The number of hydrogen-bond acceptors (Lipinski definition) is 3. The van der Waals surface area contributed by atoms with E-state index in [9.17, 15) is 9.50 Å². The largest absolute Gasteiger partial charge is 0.464 e. The van der Waals surface area contributed by atoms with Crippen LogP contribution in [0.3, 0.4) is 0 Å². The van der Waals surface area contributed by atoms with Crippen molar-refractivity contribution in [2.24, 2.45) is 0 Å². The van der Waals surface area contributed by atoms with Gasteiger partial charge in [-0.05, 0) is 18.2 Å². The van der Waals surface area contributed by atoms with Crippen LogP contribution in [0.5, 0.6) is 0 Å². The highest BCUT2D eigenvalue weighted by molar-refractivity contribution is 5.82. The Balaban J connectivity index is 1.86. The third kappa shape index (κ3) is 1.84. The van der Waals surface area contributed by atoms with Crippen LogP contribution in [0, 0.1) is 5.82 Å². The molecule has 2 aromatic heterocycles. The monoisotopic (exact) mass is 282 g/mol. The number of para-hydroxylation sites is 2. The molecule has 0 radical (unpaired) electrons. The lowest BCUT2D eigenvalue weighted by atomic mass is 10.1. The quantitative estimate of drug-likeness (QED) is 0.592. The Bertz CT molecular complexity index is 935. The average molecular weight is 282 g/mol. The lowest BCUT2D eigenvalue weighted by molar-refractivity contribution is 0.192. The van der Waals surface area contributed by atoms with Crippen LogP contribution in [0.15, 0.2) is 63.6 Å². The van der Waals surface area contributed by atoms with E-state index in [2.05, 4.69) is 0 Å². The Kier molecular flexibility index (Phi) is 2.59. The van der Waals surface area contributed by atoms with Gasteiger partial charge in [-0.1, -0.05) is 30.3 Å². The highest BCUT2D eigenvalue weighted by Gasteiger charge is 2.20. The predicted molar refractivity (Wildman–Crippen MR) is 76.4 cm³/mol. The standard InChI is InChI=1S/C17H11FO3/c18-13-6-3-4-10-8-15(21-17(10)13)16(19)12-9-20-14-7-2-1-5-11(12)14/h1-9,16,19H. The van der Waals surface area contributed by atoms with Crippen molar-refractivity contribution < 1.29 is 18.3 Å². The molecule has 4 rings (SSSR count). The third-order valence-electron chi connectivity index (χ3n) is 3.59. The molecular weight excluding hydrogens is 271 g/mol. The number of benzene rings is 2. The second-order valence-corrected chi connectivity index (χ2v) is 4.90. The van der Waals surface area contributed by atoms with Crippen LogP contribution in [-0.4, -0.2) is 5.11 Å². The molecule has 1 N–H and O–H groups in total. The van der Waals surface area contributed by atoms with Crippen LogP contribution >= 0.6 is 0 Å². The minimum absolute atomic E-state index is 0.152. The summed E-state index contributed by atoms with van der Waals surface area (Å²) in [6.07, 6.45) is 0.499. The van der Waals surface area contributed by atoms with Crippen LogP contribution in [-0.2, 0) is 0 Å². The summed E-state index contributed by atoms with van der Waals surface area (Å²) < 4.78 is 24.5. The molecule has 104 valence electrons. The summed E-state index contributed by atoms with van der Waals surface area (Å²) in [5.74, 6) is -0.148. The first-order valence-corrected chi connectivity index (χ1v) is 6.56. The van der Waals surface area contributed by atoms with Gasteiger partial charge in [-0.15, -0.1) is 0 Å². The number of fused-ring (bicyclic) bond motifs is 2. The normalized spacial score (nSPS) is 13.0. The van der Waals surface area contributed by atoms with Gasteiger partial charge in [-0.3, -0.25) is 0 Å². The predicted octanol–water partition coefficient (Wildman–Crippen LogP) is 4.40. The van der Waals surface area contributed by atoms with Crippen molar-refractivity contribution in [3.63, 3.8) is 0 Å². The van der Waals surface area contributed by atoms with Gasteiger partial charge in [0.25, 0.3) is 0 Å².